The van der Waals surface area contributed by atoms with Gasteiger partial charge in [0.1, 0.15) is 5.58 Å². The summed E-state index contributed by atoms with van der Waals surface area (Å²) >= 11 is 0. The van der Waals surface area contributed by atoms with Gasteiger partial charge in [-0.05, 0) is 43.7 Å². The van der Waals surface area contributed by atoms with E-state index < -0.39 is 0 Å². The second-order valence-electron chi connectivity index (χ2n) is 6.16. The van der Waals surface area contributed by atoms with Gasteiger partial charge in [-0.2, -0.15) is 0 Å². The smallest absolute Gasteiger partial charge is 0.319 e. The van der Waals surface area contributed by atoms with E-state index in [1.54, 1.807) is 30.3 Å². The Kier molecular flexibility index (Phi) is 5.26. The van der Waals surface area contributed by atoms with Crippen molar-refractivity contribution in [3.63, 3.8) is 0 Å². The number of nitrogens with one attached hydrogen (secondary N) is 3. The molecule has 0 bridgehead atoms. The lowest BCUT2D eigenvalue weighted by Gasteiger charge is -2.08. The molecule has 0 atom stereocenters. The molecular weight excluding hydrogens is 342 g/mol. The van der Waals surface area contributed by atoms with Gasteiger partial charge in [0.25, 0.3) is 5.91 Å². The zero-order valence-electron chi connectivity index (χ0n) is 15.3. The number of aryl methyl sites for hydroxylation is 2. The number of carbonyl (C=O) groups is 2. The SMILES string of the molecule is C=CCNC(=O)Nc1ccc(NC(=O)c2oc3c(C)cccc3c2C)cc1. The van der Waals surface area contributed by atoms with Crippen LogP contribution in [0.25, 0.3) is 11.0 Å². The Balaban J connectivity index is 1.71. The topological polar surface area (TPSA) is 83.4 Å². The third kappa shape index (κ3) is 4.00. The van der Waals surface area contributed by atoms with E-state index in [0.717, 1.165) is 22.1 Å². The van der Waals surface area contributed by atoms with E-state index >= 15 is 0 Å². The monoisotopic (exact) mass is 363 g/mol. The molecule has 6 heteroatoms. The lowest BCUT2D eigenvalue weighted by molar-refractivity contribution is 0.0998. The highest BCUT2D eigenvalue weighted by molar-refractivity contribution is 6.06. The van der Waals surface area contributed by atoms with Gasteiger partial charge in [0.15, 0.2) is 5.76 Å². The molecule has 0 fully saturated rings. The highest BCUT2D eigenvalue weighted by atomic mass is 16.3. The van der Waals surface area contributed by atoms with Crippen molar-refractivity contribution in [2.24, 2.45) is 0 Å². The number of carbonyl (C=O) groups excluding carboxylic acids is 2. The van der Waals surface area contributed by atoms with Crippen LogP contribution in [0.3, 0.4) is 0 Å². The van der Waals surface area contributed by atoms with Gasteiger partial charge in [-0.25, -0.2) is 4.79 Å². The van der Waals surface area contributed by atoms with Crippen molar-refractivity contribution >= 4 is 34.3 Å². The van der Waals surface area contributed by atoms with Gasteiger partial charge in [-0.1, -0.05) is 24.3 Å². The second kappa shape index (κ2) is 7.78. The van der Waals surface area contributed by atoms with Crippen molar-refractivity contribution in [3.8, 4) is 0 Å². The average molecular weight is 363 g/mol. The summed E-state index contributed by atoms with van der Waals surface area (Å²) in [6, 6.07) is 12.4. The number of anilines is 2. The Hall–Kier alpha value is -3.54. The molecule has 3 amide bonds. The predicted molar refractivity (Wildman–Crippen MR) is 107 cm³/mol. The first-order chi connectivity index (χ1) is 13.0. The van der Waals surface area contributed by atoms with Crippen molar-refractivity contribution in [2.75, 3.05) is 17.2 Å². The van der Waals surface area contributed by atoms with Crippen molar-refractivity contribution in [1.82, 2.24) is 5.32 Å². The van der Waals surface area contributed by atoms with Crippen molar-refractivity contribution in [2.45, 2.75) is 13.8 Å². The predicted octanol–water partition coefficient (Wildman–Crippen LogP) is 4.61. The van der Waals surface area contributed by atoms with Gasteiger partial charge in [-0.15, -0.1) is 6.58 Å². The molecule has 3 rings (SSSR count). The van der Waals surface area contributed by atoms with Crippen LogP contribution in [0, 0.1) is 13.8 Å². The molecular formula is C21H21N3O3. The van der Waals surface area contributed by atoms with Gasteiger partial charge in [0, 0.05) is 28.9 Å². The third-order valence-corrected chi connectivity index (χ3v) is 4.17. The molecule has 0 spiro atoms. The van der Waals surface area contributed by atoms with Crippen LogP contribution in [-0.4, -0.2) is 18.5 Å². The summed E-state index contributed by atoms with van der Waals surface area (Å²) in [5.41, 5.74) is 3.74. The molecule has 3 N–H and O–H groups in total. The molecule has 0 saturated heterocycles. The van der Waals surface area contributed by atoms with E-state index in [0.29, 0.717) is 23.7 Å². The van der Waals surface area contributed by atoms with Gasteiger partial charge >= 0.3 is 6.03 Å². The number of rotatable bonds is 5. The molecule has 3 aromatic rings. The minimum atomic E-state index is -0.319. The Morgan fingerprint density at radius 1 is 1.04 bits per heavy atom. The van der Waals surface area contributed by atoms with E-state index in [9.17, 15) is 9.59 Å². The normalized spacial score (nSPS) is 10.4. The molecule has 0 unspecified atom stereocenters. The number of para-hydroxylation sites is 1. The molecule has 0 saturated carbocycles. The maximum Gasteiger partial charge on any atom is 0.319 e. The van der Waals surface area contributed by atoms with E-state index in [1.165, 1.54) is 0 Å². The van der Waals surface area contributed by atoms with Crippen LogP contribution in [0.15, 0.2) is 59.5 Å². The molecule has 0 radical (unpaired) electrons. The fraction of sp³-hybridized carbons (Fsp3) is 0.143. The van der Waals surface area contributed by atoms with E-state index in [1.807, 2.05) is 32.0 Å². The van der Waals surface area contributed by atoms with Crippen LogP contribution in [0.5, 0.6) is 0 Å². The largest absolute Gasteiger partial charge is 0.450 e. The van der Waals surface area contributed by atoms with Crippen molar-refractivity contribution in [3.05, 3.63) is 72.0 Å². The summed E-state index contributed by atoms with van der Waals surface area (Å²) in [5, 5.41) is 9.07. The zero-order valence-corrected chi connectivity index (χ0v) is 15.3. The Morgan fingerprint density at radius 2 is 1.70 bits per heavy atom. The Labute approximate surface area is 157 Å². The second-order valence-corrected chi connectivity index (χ2v) is 6.16. The van der Waals surface area contributed by atoms with Crippen molar-refractivity contribution < 1.29 is 14.0 Å². The molecule has 0 aliphatic rings. The quantitative estimate of drug-likeness (QED) is 0.579. The molecule has 0 aliphatic carbocycles. The van der Waals surface area contributed by atoms with E-state index in [2.05, 4.69) is 22.5 Å². The van der Waals surface area contributed by atoms with Crippen LogP contribution in [0.1, 0.15) is 21.7 Å². The molecule has 27 heavy (non-hydrogen) atoms. The summed E-state index contributed by atoms with van der Waals surface area (Å²) in [5.74, 6) is -0.0159. The first kappa shape index (κ1) is 18.3. The van der Waals surface area contributed by atoms with Crippen LogP contribution in [0.4, 0.5) is 16.2 Å². The standard InChI is InChI=1S/C21H21N3O3/c1-4-12-22-21(26)24-16-10-8-15(9-11-16)23-20(25)19-14(3)17-7-5-6-13(2)18(17)27-19/h4-11H,1,12H2,2-3H3,(H,23,25)(H2,22,24,26). The fourth-order valence-electron chi connectivity index (χ4n) is 2.77. The number of urea groups is 1. The molecule has 1 heterocycles. The number of furan rings is 1. The summed E-state index contributed by atoms with van der Waals surface area (Å²) in [6.07, 6.45) is 1.60. The highest BCUT2D eigenvalue weighted by Crippen LogP contribution is 2.28. The van der Waals surface area contributed by atoms with Crippen LogP contribution in [-0.2, 0) is 0 Å². The number of fused-ring (bicyclic) bond motifs is 1. The molecule has 1 aromatic heterocycles. The number of amides is 3. The molecule has 2 aromatic carbocycles. The highest BCUT2D eigenvalue weighted by Gasteiger charge is 2.18. The van der Waals surface area contributed by atoms with Gasteiger partial charge in [-0.3, -0.25) is 4.79 Å². The summed E-state index contributed by atoms with van der Waals surface area (Å²) < 4.78 is 5.79. The molecule has 0 aliphatic heterocycles. The fourth-order valence-corrected chi connectivity index (χ4v) is 2.77. The Bertz CT molecular complexity index is 1000. The zero-order chi connectivity index (χ0) is 19.4. The summed E-state index contributed by atoms with van der Waals surface area (Å²) in [6.45, 7) is 7.74. The summed E-state index contributed by atoms with van der Waals surface area (Å²) in [7, 11) is 0. The van der Waals surface area contributed by atoms with Crippen LogP contribution in [0.2, 0.25) is 0 Å². The summed E-state index contributed by atoms with van der Waals surface area (Å²) in [4.78, 5) is 24.2. The van der Waals surface area contributed by atoms with Gasteiger partial charge < -0.3 is 20.4 Å². The molecule has 6 nitrogen and oxygen atoms in total. The average Bonchev–Trinajstić information content (AvgIpc) is 3.00. The molecule has 138 valence electrons. The number of hydrogen-bond donors (Lipinski definition) is 3. The van der Waals surface area contributed by atoms with Crippen LogP contribution < -0.4 is 16.0 Å². The lowest BCUT2D eigenvalue weighted by atomic mass is 10.1. The first-order valence-electron chi connectivity index (χ1n) is 8.55. The lowest BCUT2D eigenvalue weighted by Crippen LogP contribution is -2.28. The third-order valence-electron chi connectivity index (χ3n) is 4.17. The number of benzene rings is 2. The van der Waals surface area contributed by atoms with Crippen molar-refractivity contribution in [1.29, 1.82) is 0 Å². The maximum atomic E-state index is 12.6. The first-order valence-corrected chi connectivity index (χ1v) is 8.55. The Morgan fingerprint density at radius 3 is 2.33 bits per heavy atom. The van der Waals surface area contributed by atoms with Gasteiger partial charge in [0.2, 0.25) is 0 Å². The van der Waals surface area contributed by atoms with Gasteiger partial charge in [0.05, 0.1) is 0 Å². The maximum absolute atomic E-state index is 12.6. The minimum absolute atomic E-state index is 0.297. The minimum Gasteiger partial charge on any atom is -0.450 e. The van der Waals surface area contributed by atoms with Crippen LogP contribution >= 0.6 is 0 Å². The van der Waals surface area contributed by atoms with E-state index in [4.69, 9.17) is 4.42 Å². The number of hydrogen-bond acceptors (Lipinski definition) is 3. The van der Waals surface area contributed by atoms with E-state index in [-0.39, 0.29) is 11.9 Å².